The molecule has 1 atom stereocenters. The molecule has 0 rings (SSSR count). The van der Waals surface area contributed by atoms with Gasteiger partial charge in [0.05, 0.1) is 0 Å². The maximum atomic E-state index is 12.8. The predicted octanol–water partition coefficient (Wildman–Crippen LogP) is 22.9. The number of esters is 3. The fourth-order valence-electron chi connectivity index (χ4n) is 9.64. The Hall–Kier alpha value is -3.15. The van der Waals surface area contributed by atoms with Crippen LogP contribution in [0.5, 0.6) is 0 Å². The van der Waals surface area contributed by atoms with Gasteiger partial charge in [0.15, 0.2) is 6.10 Å². The standard InChI is InChI=1S/C71H126O6/c1-4-7-10-13-15-17-19-21-23-25-27-29-30-31-32-33-34-35-36-37-38-39-40-42-43-45-47-49-51-53-55-58-61-64-70(73)76-67-68(66-75-69(72)63-60-57-12-9-6-3)77-71(74)65-62-59-56-54-52-50-48-46-44-41-28-26-24-22-20-18-16-14-11-8-5-2/h19-22,25-28,30-31,44,46,68H,4-18,23-24,29,32-43,45,47-67H2,1-3H3/b21-19-,22-20-,27-25-,28-26-,31-30-,46-44-. The van der Waals surface area contributed by atoms with Gasteiger partial charge in [0.25, 0.3) is 0 Å². The number of carbonyl (C=O) groups excluding carboxylic acids is 3. The Balaban J connectivity index is 3.97. The molecule has 0 spiro atoms. The van der Waals surface area contributed by atoms with Gasteiger partial charge in [-0.2, -0.15) is 0 Å². The molecule has 0 N–H and O–H groups in total. The summed E-state index contributed by atoms with van der Waals surface area (Å²) in [4.78, 5) is 37.9. The van der Waals surface area contributed by atoms with E-state index in [0.29, 0.717) is 19.3 Å². The molecule has 1 unspecified atom stereocenters. The molecule has 0 heterocycles. The molecule has 6 heteroatoms. The minimum atomic E-state index is -0.778. The Bertz CT molecular complexity index is 1420. The zero-order valence-electron chi connectivity index (χ0n) is 51.2. The van der Waals surface area contributed by atoms with Gasteiger partial charge < -0.3 is 14.2 Å². The van der Waals surface area contributed by atoms with Gasteiger partial charge in [-0.1, -0.05) is 299 Å². The fraction of sp³-hybridized carbons (Fsp3) is 0.789. The molecule has 0 amide bonds. The average molecular weight is 1080 g/mol. The van der Waals surface area contributed by atoms with E-state index in [0.717, 1.165) is 103 Å². The highest BCUT2D eigenvalue weighted by Crippen LogP contribution is 2.17. The van der Waals surface area contributed by atoms with Gasteiger partial charge in [-0.25, -0.2) is 0 Å². The SMILES string of the molecule is CCCCCCC/C=C\C/C=C\C/C=C\CCCCCCCCCCCCCCCCCCCCC(=O)OCC(COC(=O)CCCCCCC)OC(=O)CCCCCCCC/C=C\C/C=C\C/C=C\CCCCCCC. The molecule has 0 saturated heterocycles. The molecule has 0 bridgehead atoms. The van der Waals surface area contributed by atoms with Crippen LogP contribution in [0.2, 0.25) is 0 Å². The summed E-state index contributed by atoms with van der Waals surface area (Å²) in [6.45, 7) is 6.55. The van der Waals surface area contributed by atoms with Gasteiger partial charge in [0.1, 0.15) is 13.2 Å². The normalized spacial score (nSPS) is 12.5. The summed E-state index contributed by atoms with van der Waals surface area (Å²) >= 11 is 0. The van der Waals surface area contributed by atoms with Gasteiger partial charge in [-0.05, 0) is 96.3 Å². The van der Waals surface area contributed by atoms with Gasteiger partial charge in [-0.3, -0.25) is 14.4 Å². The molecule has 0 aliphatic heterocycles. The molecule has 0 aliphatic carbocycles. The first kappa shape index (κ1) is 73.8. The summed E-state index contributed by atoms with van der Waals surface area (Å²) in [5.74, 6) is -0.891. The molecule has 0 fully saturated rings. The van der Waals surface area contributed by atoms with Crippen LogP contribution in [0.15, 0.2) is 72.9 Å². The number of hydrogen-bond acceptors (Lipinski definition) is 6. The maximum absolute atomic E-state index is 12.8. The van der Waals surface area contributed by atoms with Crippen molar-refractivity contribution in [1.82, 2.24) is 0 Å². The maximum Gasteiger partial charge on any atom is 0.306 e. The Morgan fingerprint density at radius 1 is 0.260 bits per heavy atom. The second-order valence-corrected chi connectivity index (χ2v) is 22.4. The predicted molar refractivity (Wildman–Crippen MR) is 335 cm³/mol. The molecule has 6 nitrogen and oxygen atoms in total. The molecule has 0 aromatic rings. The lowest BCUT2D eigenvalue weighted by Gasteiger charge is -2.18. The van der Waals surface area contributed by atoms with E-state index < -0.39 is 6.10 Å². The lowest BCUT2D eigenvalue weighted by molar-refractivity contribution is -0.167. The lowest BCUT2D eigenvalue weighted by atomic mass is 10.0. The monoisotopic (exact) mass is 1070 g/mol. The third-order valence-corrected chi connectivity index (χ3v) is 14.7. The zero-order valence-corrected chi connectivity index (χ0v) is 51.2. The molecule has 0 radical (unpaired) electrons. The van der Waals surface area contributed by atoms with Crippen LogP contribution in [-0.4, -0.2) is 37.2 Å². The van der Waals surface area contributed by atoms with Gasteiger partial charge >= 0.3 is 17.9 Å². The van der Waals surface area contributed by atoms with Crippen molar-refractivity contribution in [3.05, 3.63) is 72.9 Å². The van der Waals surface area contributed by atoms with Crippen LogP contribution >= 0.6 is 0 Å². The number of hydrogen-bond donors (Lipinski definition) is 0. The van der Waals surface area contributed by atoms with E-state index in [4.69, 9.17) is 14.2 Å². The largest absolute Gasteiger partial charge is 0.462 e. The first-order valence-corrected chi connectivity index (χ1v) is 33.4. The average Bonchev–Trinajstić information content (AvgIpc) is 3.43. The van der Waals surface area contributed by atoms with Gasteiger partial charge in [0, 0.05) is 19.3 Å². The quantitative estimate of drug-likeness (QED) is 0.0261. The number of rotatable bonds is 61. The van der Waals surface area contributed by atoms with Crippen LogP contribution in [0.4, 0.5) is 0 Å². The zero-order chi connectivity index (χ0) is 55.7. The van der Waals surface area contributed by atoms with Crippen LogP contribution in [0.3, 0.4) is 0 Å². The highest BCUT2D eigenvalue weighted by atomic mass is 16.6. The summed E-state index contributed by atoms with van der Waals surface area (Å²) < 4.78 is 16.8. The van der Waals surface area contributed by atoms with Crippen LogP contribution < -0.4 is 0 Å². The highest BCUT2D eigenvalue weighted by Gasteiger charge is 2.19. The van der Waals surface area contributed by atoms with E-state index >= 15 is 0 Å². The van der Waals surface area contributed by atoms with Crippen LogP contribution in [-0.2, 0) is 28.6 Å². The van der Waals surface area contributed by atoms with Crippen molar-refractivity contribution in [1.29, 1.82) is 0 Å². The Morgan fingerprint density at radius 2 is 0.468 bits per heavy atom. The highest BCUT2D eigenvalue weighted by molar-refractivity contribution is 5.71. The van der Waals surface area contributed by atoms with Crippen molar-refractivity contribution in [3.63, 3.8) is 0 Å². The van der Waals surface area contributed by atoms with E-state index in [9.17, 15) is 14.4 Å². The van der Waals surface area contributed by atoms with Crippen LogP contribution in [0.25, 0.3) is 0 Å². The van der Waals surface area contributed by atoms with Gasteiger partial charge in [-0.15, -0.1) is 0 Å². The number of carbonyl (C=O) groups is 3. The third-order valence-electron chi connectivity index (χ3n) is 14.7. The molecule has 0 saturated carbocycles. The molecular weight excluding hydrogens is 949 g/mol. The van der Waals surface area contributed by atoms with E-state index in [1.807, 2.05) is 0 Å². The summed E-state index contributed by atoms with van der Waals surface area (Å²) in [5.41, 5.74) is 0. The van der Waals surface area contributed by atoms with Crippen LogP contribution in [0, 0.1) is 0 Å². The smallest absolute Gasteiger partial charge is 0.306 e. The molecule has 0 aliphatic rings. The van der Waals surface area contributed by atoms with Crippen molar-refractivity contribution in [3.8, 4) is 0 Å². The molecule has 77 heavy (non-hydrogen) atoms. The lowest BCUT2D eigenvalue weighted by Crippen LogP contribution is -2.30. The Kier molecular flexibility index (Phi) is 62.7. The topological polar surface area (TPSA) is 78.9 Å². The first-order chi connectivity index (χ1) is 38.0. The minimum Gasteiger partial charge on any atom is -0.462 e. The van der Waals surface area contributed by atoms with Crippen LogP contribution in [0.1, 0.15) is 342 Å². The Labute approximate surface area is 478 Å². The summed E-state index contributed by atoms with van der Waals surface area (Å²) in [6, 6.07) is 0. The summed E-state index contributed by atoms with van der Waals surface area (Å²) in [6.07, 6.45) is 85.5. The van der Waals surface area contributed by atoms with E-state index in [1.54, 1.807) is 0 Å². The summed E-state index contributed by atoms with van der Waals surface area (Å²) in [7, 11) is 0. The minimum absolute atomic E-state index is 0.0781. The van der Waals surface area contributed by atoms with E-state index in [2.05, 4.69) is 93.7 Å². The third kappa shape index (κ3) is 63.6. The number of unbranched alkanes of at least 4 members (excludes halogenated alkanes) is 38. The Morgan fingerprint density at radius 3 is 0.727 bits per heavy atom. The number of allylic oxidation sites excluding steroid dienone is 12. The van der Waals surface area contributed by atoms with E-state index in [-0.39, 0.29) is 31.1 Å². The number of ether oxygens (including phenoxy) is 3. The summed E-state index contributed by atoms with van der Waals surface area (Å²) in [5, 5.41) is 0. The van der Waals surface area contributed by atoms with Crippen molar-refractivity contribution in [2.24, 2.45) is 0 Å². The molecule has 446 valence electrons. The van der Waals surface area contributed by atoms with Crippen molar-refractivity contribution < 1.29 is 28.6 Å². The van der Waals surface area contributed by atoms with Gasteiger partial charge in [0.2, 0.25) is 0 Å². The second-order valence-electron chi connectivity index (χ2n) is 22.4. The first-order valence-electron chi connectivity index (χ1n) is 33.4. The second kappa shape index (κ2) is 65.4. The van der Waals surface area contributed by atoms with Crippen molar-refractivity contribution >= 4 is 17.9 Å². The van der Waals surface area contributed by atoms with Crippen molar-refractivity contribution in [2.75, 3.05) is 13.2 Å². The van der Waals surface area contributed by atoms with E-state index in [1.165, 1.54) is 199 Å². The fourth-order valence-corrected chi connectivity index (χ4v) is 9.64. The van der Waals surface area contributed by atoms with Crippen molar-refractivity contribution in [2.45, 2.75) is 348 Å². The molecular formula is C71H126O6. The molecule has 0 aromatic heterocycles. The molecule has 0 aromatic carbocycles.